The molecular weight excluding hydrogens is 269 g/mol. The van der Waals surface area contributed by atoms with Gasteiger partial charge in [-0.3, -0.25) is 14.9 Å². The van der Waals surface area contributed by atoms with Gasteiger partial charge in [0.15, 0.2) is 0 Å². The van der Waals surface area contributed by atoms with E-state index in [1.54, 1.807) is 0 Å². The number of nitro groups is 1. The molecule has 0 atom stereocenters. The largest absolute Gasteiger partial charge is 0.469 e. The van der Waals surface area contributed by atoms with Crippen LogP contribution in [0.5, 0.6) is 0 Å². The molecule has 0 saturated carbocycles. The highest BCUT2D eigenvalue weighted by atomic mass is 35.5. The van der Waals surface area contributed by atoms with Crippen LogP contribution in [0.1, 0.15) is 11.1 Å². The van der Waals surface area contributed by atoms with E-state index < -0.39 is 10.9 Å². The van der Waals surface area contributed by atoms with Crippen LogP contribution < -0.4 is 0 Å². The first kappa shape index (κ1) is 13.7. The standard InChI is InChI=1S/C10H9Cl2NO4/c1-17-10(14)4-7-8(12)2-6(5-11)3-9(7)13(15)16/h2-3H,4-5H2,1H3. The number of esters is 1. The summed E-state index contributed by atoms with van der Waals surface area (Å²) in [6, 6.07) is 2.80. The summed E-state index contributed by atoms with van der Waals surface area (Å²) in [6.45, 7) is 0. The number of alkyl halides is 1. The quantitative estimate of drug-likeness (QED) is 0.367. The van der Waals surface area contributed by atoms with E-state index in [9.17, 15) is 14.9 Å². The molecule has 0 heterocycles. The van der Waals surface area contributed by atoms with Gasteiger partial charge in [-0.1, -0.05) is 11.6 Å². The minimum Gasteiger partial charge on any atom is -0.469 e. The molecule has 0 aliphatic rings. The third kappa shape index (κ3) is 3.31. The molecule has 92 valence electrons. The second kappa shape index (κ2) is 5.84. The highest BCUT2D eigenvalue weighted by Crippen LogP contribution is 2.29. The van der Waals surface area contributed by atoms with Gasteiger partial charge in [-0.25, -0.2) is 0 Å². The van der Waals surface area contributed by atoms with Gasteiger partial charge in [0.25, 0.3) is 5.69 Å². The predicted octanol–water partition coefficient (Wildman–Crippen LogP) is 2.70. The van der Waals surface area contributed by atoms with Gasteiger partial charge < -0.3 is 4.74 Å². The van der Waals surface area contributed by atoms with Crippen molar-refractivity contribution in [2.45, 2.75) is 12.3 Å². The highest BCUT2D eigenvalue weighted by Gasteiger charge is 2.21. The van der Waals surface area contributed by atoms with Crippen LogP contribution in [0.3, 0.4) is 0 Å². The first-order valence-corrected chi connectivity index (χ1v) is 5.49. The summed E-state index contributed by atoms with van der Waals surface area (Å²) in [7, 11) is 1.20. The number of nitro benzene ring substituents is 1. The van der Waals surface area contributed by atoms with Crippen molar-refractivity contribution in [2.75, 3.05) is 7.11 Å². The molecule has 0 amide bonds. The van der Waals surface area contributed by atoms with Crippen molar-refractivity contribution in [1.29, 1.82) is 0 Å². The van der Waals surface area contributed by atoms with Crippen LogP contribution in [0.4, 0.5) is 5.69 Å². The normalized spacial score (nSPS) is 10.1. The van der Waals surface area contributed by atoms with Crippen LogP contribution in [-0.4, -0.2) is 18.0 Å². The first-order chi connectivity index (χ1) is 7.99. The number of rotatable bonds is 4. The van der Waals surface area contributed by atoms with E-state index in [1.165, 1.54) is 19.2 Å². The zero-order chi connectivity index (χ0) is 13.0. The van der Waals surface area contributed by atoms with Crippen LogP contribution in [0.25, 0.3) is 0 Å². The molecule has 0 unspecified atom stereocenters. The SMILES string of the molecule is COC(=O)Cc1c(Cl)cc(CCl)cc1[N+](=O)[O-]. The van der Waals surface area contributed by atoms with Gasteiger partial charge in [-0.2, -0.15) is 0 Å². The minimum atomic E-state index is -0.597. The van der Waals surface area contributed by atoms with Gasteiger partial charge in [0, 0.05) is 11.9 Å². The van der Waals surface area contributed by atoms with Crippen molar-refractivity contribution < 1.29 is 14.5 Å². The third-order valence-electron chi connectivity index (χ3n) is 2.13. The number of methoxy groups -OCH3 is 1. The average Bonchev–Trinajstić information content (AvgIpc) is 2.30. The zero-order valence-electron chi connectivity index (χ0n) is 8.91. The fraction of sp³-hybridized carbons (Fsp3) is 0.300. The van der Waals surface area contributed by atoms with E-state index in [4.69, 9.17) is 23.2 Å². The molecule has 0 saturated heterocycles. The van der Waals surface area contributed by atoms with Crippen molar-refractivity contribution in [1.82, 2.24) is 0 Å². The van der Waals surface area contributed by atoms with Gasteiger partial charge in [-0.15, -0.1) is 11.6 Å². The molecule has 0 aliphatic carbocycles. The van der Waals surface area contributed by atoms with E-state index in [1.807, 2.05) is 0 Å². The number of hydrogen-bond acceptors (Lipinski definition) is 4. The predicted molar refractivity (Wildman–Crippen MR) is 63.4 cm³/mol. The number of nitrogens with zero attached hydrogens (tertiary/aromatic N) is 1. The second-order valence-electron chi connectivity index (χ2n) is 3.22. The van der Waals surface area contributed by atoms with E-state index >= 15 is 0 Å². The maximum absolute atomic E-state index is 11.1. The van der Waals surface area contributed by atoms with Crippen molar-refractivity contribution in [3.63, 3.8) is 0 Å². The van der Waals surface area contributed by atoms with E-state index in [0.29, 0.717) is 5.56 Å². The molecule has 1 rings (SSSR count). The first-order valence-electron chi connectivity index (χ1n) is 4.58. The number of benzene rings is 1. The van der Waals surface area contributed by atoms with E-state index in [0.717, 1.165) is 0 Å². The number of ether oxygens (including phenoxy) is 1. The summed E-state index contributed by atoms with van der Waals surface area (Å²) < 4.78 is 4.45. The molecule has 0 bridgehead atoms. The minimum absolute atomic E-state index is 0.110. The molecule has 17 heavy (non-hydrogen) atoms. The second-order valence-corrected chi connectivity index (χ2v) is 3.89. The fourth-order valence-corrected chi connectivity index (χ4v) is 1.77. The highest BCUT2D eigenvalue weighted by molar-refractivity contribution is 6.32. The number of hydrogen-bond donors (Lipinski definition) is 0. The number of carbonyl (C=O) groups is 1. The molecule has 0 aliphatic heterocycles. The fourth-order valence-electron chi connectivity index (χ4n) is 1.31. The molecule has 0 N–H and O–H groups in total. The molecule has 0 aromatic heterocycles. The lowest BCUT2D eigenvalue weighted by atomic mass is 10.1. The van der Waals surface area contributed by atoms with Gasteiger partial charge in [-0.05, 0) is 11.6 Å². The Bertz CT molecular complexity index is 462. The van der Waals surface area contributed by atoms with Gasteiger partial charge >= 0.3 is 5.97 Å². The lowest BCUT2D eigenvalue weighted by Gasteiger charge is -2.06. The van der Waals surface area contributed by atoms with E-state index in [-0.39, 0.29) is 28.6 Å². The molecular formula is C10H9Cl2NO4. The Morgan fingerprint density at radius 3 is 2.65 bits per heavy atom. The lowest BCUT2D eigenvalue weighted by Crippen LogP contribution is -2.08. The summed E-state index contributed by atoms with van der Waals surface area (Å²) in [4.78, 5) is 21.4. The summed E-state index contributed by atoms with van der Waals surface area (Å²) in [5.41, 5.74) is 0.438. The molecule has 5 nitrogen and oxygen atoms in total. The van der Waals surface area contributed by atoms with Crippen molar-refractivity contribution >= 4 is 34.9 Å². The number of carbonyl (C=O) groups excluding carboxylic acids is 1. The summed E-state index contributed by atoms with van der Waals surface area (Å²) >= 11 is 11.5. The maximum Gasteiger partial charge on any atom is 0.310 e. The Morgan fingerprint density at radius 2 is 2.18 bits per heavy atom. The summed E-state index contributed by atoms with van der Waals surface area (Å²) in [5, 5.41) is 11.0. The van der Waals surface area contributed by atoms with Crippen molar-refractivity contribution in [2.24, 2.45) is 0 Å². The van der Waals surface area contributed by atoms with Crippen molar-refractivity contribution in [3.05, 3.63) is 38.4 Å². The molecule has 0 spiro atoms. The van der Waals surface area contributed by atoms with Crippen LogP contribution in [0.15, 0.2) is 12.1 Å². The Labute approximate surface area is 107 Å². The Morgan fingerprint density at radius 1 is 1.53 bits per heavy atom. The molecule has 1 aromatic rings. The smallest absolute Gasteiger partial charge is 0.310 e. The molecule has 0 fully saturated rings. The molecule has 1 aromatic carbocycles. The Hall–Kier alpha value is -1.33. The maximum atomic E-state index is 11.1. The average molecular weight is 278 g/mol. The Balaban J connectivity index is 3.26. The monoisotopic (exact) mass is 277 g/mol. The van der Waals surface area contributed by atoms with Crippen LogP contribution in [0, 0.1) is 10.1 Å². The molecule has 7 heteroatoms. The van der Waals surface area contributed by atoms with Gasteiger partial charge in [0.1, 0.15) is 0 Å². The van der Waals surface area contributed by atoms with Gasteiger partial charge in [0.2, 0.25) is 0 Å². The van der Waals surface area contributed by atoms with Crippen LogP contribution in [0.2, 0.25) is 5.02 Å². The lowest BCUT2D eigenvalue weighted by molar-refractivity contribution is -0.385. The molecule has 0 radical (unpaired) electrons. The van der Waals surface area contributed by atoms with Gasteiger partial charge in [0.05, 0.1) is 29.0 Å². The summed E-state index contributed by atoms with van der Waals surface area (Å²) in [5.74, 6) is -0.479. The third-order valence-corrected chi connectivity index (χ3v) is 2.78. The summed E-state index contributed by atoms with van der Waals surface area (Å²) in [6.07, 6.45) is -0.242. The van der Waals surface area contributed by atoms with E-state index in [2.05, 4.69) is 4.74 Å². The van der Waals surface area contributed by atoms with Crippen molar-refractivity contribution in [3.8, 4) is 0 Å². The number of halogens is 2. The zero-order valence-corrected chi connectivity index (χ0v) is 10.4. The Kier molecular flexibility index (Phi) is 4.72. The van der Waals surface area contributed by atoms with Crippen LogP contribution in [-0.2, 0) is 21.8 Å². The topological polar surface area (TPSA) is 69.4 Å². The van der Waals surface area contributed by atoms with Crippen LogP contribution >= 0.6 is 23.2 Å².